The van der Waals surface area contributed by atoms with Crippen molar-refractivity contribution in [3.8, 4) is 5.75 Å². The smallest absolute Gasteiger partial charge is 0.255 e. The number of amides is 1. The highest BCUT2D eigenvalue weighted by Crippen LogP contribution is 2.19. The van der Waals surface area contributed by atoms with E-state index in [4.69, 9.17) is 10.5 Å². The van der Waals surface area contributed by atoms with Crippen LogP contribution in [0.1, 0.15) is 15.9 Å². The topological polar surface area (TPSA) is 89.3 Å². The third kappa shape index (κ3) is 4.92. The van der Waals surface area contributed by atoms with Gasteiger partial charge in [-0.05, 0) is 36.8 Å². The highest BCUT2D eigenvalue weighted by molar-refractivity contribution is 5.96. The molecule has 0 unspecified atom stereocenters. The molecule has 2 rings (SSSR count). The zero-order valence-corrected chi connectivity index (χ0v) is 13.5. The Bertz CT molecular complexity index is 694. The van der Waals surface area contributed by atoms with Crippen molar-refractivity contribution in [2.24, 2.45) is 5.73 Å². The van der Waals surface area contributed by atoms with Gasteiger partial charge < -0.3 is 21.1 Å². The number of aromatic nitrogens is 1. The van der Waals surface area contributed by atoms with Crippen LogP contribution in [0.15, 0.2) is 36.7 Å². The standard InChI is InChI=1S/C17H21FN4O2/c1-12-11-20-6-4-15(12)21-7-8-22-17(23)14-10-13(18)2-3-16(14)24-9-5-19/h2-4,6,10-11H,5,7-9,19H2,1H3,(H,20,21)(H,22,23). The molecule has 1 aromatic heterocycles. The second-order valence-corrected chi connectivity index (χ2v) is 5.15. The van der Waals surface area contributed by atoms with Crippen molar-refractivity contribution in [3.63, 3.8) is 0 Å². The number of anilines is 1. The van der Waals surface area contributed by atoms with Crippen LogP contribution in [-0.4, -0.2) is 37.1 Å². The number of benzene rings is 1. The molecule has 0 bridgehead atoms. The zero-order chi connectivity index (χ0) is 17.4. The number of nitrogens with one attached hydrogen (secondary N) is 2. The van der Waals surface area contributed by atoms with Crippen LogP contribution < -0.4 is 21.1 Å². The summed E-state index contributed by atoms with van der Waals surface area (Å²) in [6.45, 7) is 3.43. The summed E-state index contributed by atoms with van der Waals surface area (Å²) >= 11 is 0. The van der Waals surface area contributed by atoms with E-state index in [2.05, 4.69) is 15.6 Å². The Morgan fingerprint density at radius 1 is 1.33 bits per heavy atom. The molecule has 0 fully saturated rings. The fourth-order valence-electron chi connectivity index (χ4n) is 2.11. The third-order valence-corrected chi connectivity index (χ3v) is 3.31. The van der Waals surface area contributed by atoms with Crippen molar-refractivity contribution in [2.75, 3.05) is 31.6 Å². The first-order chi connectivity index (χ1) is 11.6. The summed E-state index contributed by atoms with van der Waals surface area (Å²) in [6.07, 6.45) is 3.45. The second-order valence-electron chi connectivity index (χ2n) is 5.15. The van der Waals surface area contributed by atoms with Gasteiger partial charge in [0.1, 0.15) is 18.2 Å². The lowest BCUT2D eigenvalue weighted by molar-refractivity contribution is 0.0950. The summed E-state index contributed by atoms with van der Waals surface area (Å²) in [5.41, 5.74) is 7.52. The minimum absolute atomic E-state index is 0.156. The van der Waals surface area contributed by atoms with Gasteiger partial charge in [0.25, 0.3) is 5.91 Å². The van der Waals surface area contributed by atoms with Gasteiger partial charge in [0.2, 0.25) is 0 Å². The molecular weight excluding hydrogens is 311 g/mol. The molecule has 2 aromatic rings. The lowest BCUT2D eigenvalue weighted by Crippen LogP contribution is -2.29. The van der Waals surface area contributed by atoms with E-state index in [1.165, 1.54) is 12.1 Å². The molecule has 0 saturated carbocycles. The van der Waals surface area contributed by atoms with Crippen LogP contribution >= 0.6 is 0 Å². The summed E-state index contributed by atoms with van der Waals surface area (Å²) < 4.78 is 18.8. The molecule has 24 heavy (non-hydrogen) atoms. The molecule has 1 aromatic carbocycles. The van der Waals surface area contributed by atoms with Crippen LogP contribution in [0.25, 0.3) is 0 Å². The predicted octanol–water partition coefficient (Wildman–Crippen LogP) is 1.71. The van der Waals surface area contributed by atoms with Crippen LogP contribution in [0, 0.1) is 12.7 Å². The van der Waals surface area contributed by atoms with Crippen LogP contribution in [0.5, 0.6) is 5.75 Å². The van der Waals surface area contributed by atoms with Gasteiger partial charge in [-0.25, -0.2) is 4.39 Å². The van der Waals surface area contributed by atoms with Crippen molar-refractivity contribution in [3.05, 3.63) is 53.6 Å². The number of nitrogens with two attached hydrogens (primary N) is 1. The predicted molar refractivity (Wildman–Crippen MR) is 90.7 cm³/mol. The minimum atomic E-state index is -0.495. The van der Waals surface area contributed by atoms with Crippen LogP contribution in [0.3, 0.4) is 0 Å². The maximum Gasteiger partial charge on any atom is 0.255 e. The molecule has 0 radical (unpaired) electrons. The zero-order valence-electron chi connectivity index (χ0n) is 13.5. The summed E-state index contributed by atoms with van der Waals surface area (Å²) in [7, 11) is 0. The summed E-state index contributed by atoms with van der Waals surface area (Å²) in [5.74, 6) is -0.571. The second kappa shape index (κ2) is 8.83. The van der Waals surface area contributed by atoms with E-state index in [-0.39, 0.29) is 12.2 Å². The first-order valence-electron chi connectivity index (χ1n) is 7.67. The number of aryl methyl sites for hydroxylation is 1. The maximum atomic E-state index is 13.4. The summed E-state index contributed by atoms with van der Waals surface area (Å²) in [6, 6.07) is 5.69. The molecule has 0 atom stereocenters. The highest BCUT2D eigenvalue weighted by Gasteiger charge is 2.13. The molecule has 0 spiro atoms. The van der Waals surface area contributed by atoms with E-state index in [9.17, 15) is 9.18 Å². The number of pyridine rings is 1. The van der Waals surface area contributed by atoms with Gasteiger partial charge in [0, 0.05) is 37.7 Å². The first-order valence-corrected chi connectivity index (χ1v) is 7.67. The van der Waals surface area contributed by atoms with E-state index < -0.39 is 11.7 Å². The Labute approximate surface area is 140 Å². The van der Waals surface area contributed by atoms with Crippen molar-refractivity contribution >= 4 is 11.6 Å². The quantitative estimate of drug-likeness (QED) is 0.640. The van der Waals surface area contributed by atoms with Gasteiger partial charge in [-0.1, -0.05) is 0 Å². The van der Waals surface area contributed by atoms with Gasteiger partial charge >= 0.3 is 0 Å². The number of carbonyl (C=O) groups is 1. The molecule has 0 aliphatic carbocycles. The van der Waals surface area contributed by atoms with Crippen molar-refractivity contribution in [1.29, 1.82) is 0 Å². The third-order valence-electron chi connectivity index (χ3n) is 3.31. The van der Waals surface area contributed by atoms with Gasteiger partial charge in [0.15, 0.2) is 0 Å². The number of ether oxygens (including phenoxy) is 1. The van der Waals surface area contributed by atoms with Crippen LogP contribution in [-0.2, 0) is 0 Å². The Morgan fingerprint density at radius 3 is 2.92 bits per heavy atom. The SMILES string of the molecule is Cc1cnccc1NCCNC(=O)c1cc(F)ccc1OCCN. The fourth-order valence-corrected chi connectivity index (χ4v) is 2.11. The lowest BCUT2D eigenvalue weighted by atomic mass is 10.2. The molecule has 128 valence electrons. The van der Waals surface area contributed by atoms with E-state index in [1.54, 1.807) is 12.4 Å². The first kappa shape index (κ1) is 17.7. The number of halogens is 1. The Morgan fingerprint density at radius 2 is 2.17 bits per heavy atom. The molecular formula is C17H21FN4O2. The number of nitrogens with zero attached hydrogens (tertiary/aromatic N) is 1. The van der Waals surface area contributed by atoms with E-state index in [1.807, 2.05) is 13.0 Å². The van der Waals surface area contributed by atoms with Crippen LogP contribution in [0.2, 0.25) is 0 Å². The van der Waals surface area contributed by atoms with Gasteiger partial charge in [-0.2, -0.15) is 0 Å². The maximum absolute atomic E-state index is 13.4. The number of rotatable bonds is 8. The van der Waals surface area contributed by atoms with Crippen molar-refractivity contribution in [1.82, 2.24) is 10.3 Å². The monoisotopic (exact) mass is 332 g/mol. The Kier molecular flexibility index (Phi) is 6.51. The number of hydrogen-bond donors (Lipinski definition) is 3. The Balaban J connectivity index is 1.90. The fraction of sp³-hybridized carbons (Fsp3) is 0.294. The minimum Gasteiger partial charge on any atom is -0.491 e. The molecule has 6 nitrogen and oxygen atoms in total. The Hall–Kier alpha value is -2.67. The largest absolute Gasteiger partial charge is 0.491 e. The molecule has 1 heterocycles. The van der Waals surface area contributed by atoms with E-state index in [0.717, 1.165) is 17.3 Å². The molecule has 0 aliphatic heterocycles. The molecule has 0 saturated heterocycles. The summed E-state index contributed by atoms with van der Waals surface area (Å²) in [5, 5.41) is 5.94. The van der Waals surface area contributed by atoms with Gasteiger partial charge in [0.05, 0.1) is 5.56 Å². The molecule has 0 aliphatic rings. The normalized spacial score (nSPS) is 10.3. The van der Waals surface area contributed by atoms with Crippen molar-refractivity contribution in [2.45, 2.75) is 6.92 Å². The highest BCUT2D eigenvalue weighted by atomic mass is 19.1. The van der Waals surface area contributed by atoms with Gasteiger partial charge in [-0.15, -0.1) is 0 Å². The average molecular weight is 332 g/mol. The van der Waals surface area contributed by atoms with Crippen molar-refractivity contribution < 1.29 is 13.9 Å². The summed E-state index contributed by atoms with van der Waals surface area (Å²) in [4.78, 5) is 16.2. The number of hydrogen-bond acceptors (Lipinski definition) is 5. The molecule has 7 heteroatoms. The molecule has 1 amide bonds. The number of carbonyl (C=O) groups excluding carboxylic acids is 1. The van der Waals surface area contributed by atoms with E-state index in [0.29, 0.717) is 25.4 Å². The van der Waals surface area contributed by atoms with E-state index >= 15 is 0 Å². The average Bonchev–Trinajstić information content (AvgIpc) is 2.58. The lowest BCUT2D eigenvalue weighted by Gasteiger charge is -2.12. The van der Waals surface area contributed by atoms with Gasteiger partial charge in [-0.3, -0.25) is 9.78 Å². The van der Waals surface area contributed by atoms with Crippen LogP contribution in [0.4, 0.5) is 10.1 Å². The molecule has 4 N–H and O–H groups in total.